The number of ether oxygens (including phenoxy) is 5. The molecule has 0 unspecified atom stereocenters. The summed E-state index contributed by atoms with van der Waals surface area (Å²) < 4.78 is 29.2. The molecular formula is C26H40O6. The highest BCUT2D eigenvalue weighted by molar-refractivity contribution is 5.13. The van der Waals surface area contributed by atoms with E-state index in [-0.39, 0.29) is 30.7 Å². The lowest BCUT2D eigenvalue weighted by Crippen LogP contribution is -2.39. The van der Waals surface area contributed by atoms with E-state index in [0.29, 0.717) is 26.2 Å². The van der Waals surface area contributed by atoms with Crippen LogP contribution >= 0.6 is 0 Å². The van der Waals surface area contributed by atoms with Gasteiger partial charge in [0.25, 0.3) is 0 Å². The molecule has 0 saturated carbocycles. The van der Waals surface area contributed by atoms with E-state index in [1.807, 2.05) is 24.3 Å². The number of benzene rings is 1. The van der Waals surface area contributed by atoms with Gasteiger partial charge in [0.15, 0.2) is 6.29 Å². The molecule has 3 rings (SSSR count). The van der Waals surface area contributed by atoms with Gasteiger partial charge in [0.1, 0.15) is 0 Å². The number of rotatable bonds is 14. The monoisotopic (exact) mass is 448 g/mol. The molecule has 0 bridgehead atoms. The third-order valence-corrected chi connectivity index (χ3v) is 6.26. The molecule has 2 saturated heterocycles. The summed E-state index contributed by atoms with van der Waals surface area (Å²) in [6.45, 7) is 5.83. The van der Waals surface area contributed by atoms with Crippen LogP contribution in [0.4, 0.5) is 0 Å². The topological polar surface area (TPSA) is 66.4 Å². The van der Waals surface area contributed by atoms with Gasteiger partial charge < -0.3 is 28.8 Å². The maximum Gasteiger partial charge on any atom is 0.157 e. The average molecular weight is 449 g/mol. The van der Waals surface area contributed by atoms with E-state index in [1.54, 1.807) is 7.11 Å². The maximum atomic E-state index is 10.5. The van der Waals surface area contributed by atoms with Crippen LogP contribution in [0.3, 0.4) is 0 Å². The summed E-state index contributed by atoms with van der Waals surface area (Å²) in [5.74, 6) is 0. The van der Waals surface area contributed by atoms with Crippen LogP contribution in [0.15, 0.2) is 43.0 Å². The lowest BCUT2D eigenvalue weighted by Gasteiger charge is -2.36. The SMILES string of the molecule is C=CC[C@H]1C[C@@H](OCc2ccccc2)C[C@@H](C[C@@H](C[C@@H](O)CCCC2OCCO2)OC)O1. The van der Waals surface area contributed by atoms with Gasteiger partial charge in [0.2, 0.25) is 0 Å². The zero-order valence-electron chi connectivity index (χ0n) is 19.4. The Labute approximate surface area is 192 Å². The minimum absolute atomic E-state index is 0.0481. The van der Waals surface area contributed by atoms with Gasteiger partial charge in [-0.3, -0.25) is 0 Å². The molecule has 6 heteroatoms. The van der Waals surface area contributed by atoms with Crippen molar-refractivity contribution in [1.82, 2.24) is 0 Å². The van der Waals surface area contributed by atoms with Gasteiger partial charge in [-0.15, -0.1) is 6.58 Å². The Balaban J connectivity index is 1.44. The van der Waals surface area contributed by atoms with Crippen molar-refractivity contribution in [2.75, 3.05) is 20.3 Å². The van der Waals surface area contributed by atoms with Crippen molar-refractivity contribution in [3.63, 3.8) is 0 Å². The molecule has 2 heterocycles. The third kappa shape index (κ3) is 8.93. The van der Waals surface area contributed by atoms with Crippen LogP contribution in [0.2, 0.25) is 0 Å². The quantitative estimate of drug-likeness (QED) is 0.426. The van der Waals surface area contributed by atoms with E-state index in [1.165, 1.54) is 5.56 Å². The molecule has 2 aliphatic rings. The predicted molar refractivity (Wildman–Crippen MR) is 123 cm³/mol. The van der Waals surface area contributed by atoms with Crippen LogP contribution < -0.4 is 0 Å². The Morgan fingerprint density at radius 1 is 1.16 bits per heavy atom. The largest absolute Gasteiger partial charge is 0.393 e. The van der Waals surface area contributed by atoms with Gasteiger partial charge in [-0.2, -0.15) is 0 Å². The molecule has 2 fully saturated rings. The van der Waals surface area contributed by atoms with Gasteiger partial charge in [0, 0.05) is 13.5 Å². The summed E-state index contributed by atoms with van der Waals surface area (Å²) in [6, 6.07) is 10.3. The van der Waals surface area contributed by atoms with Gasteiger partial charge in [-0.1, -0.05) is 36.4 Å². The fourth-order valence-corrected chi connectivity index (χ4v) is 4.58. The van der Waals surface area contributed by atoms with Crippen LogP contribution in [-0.4, -0.2) is 62.2 Å². The molecule has 1 N–H and O–H groups in total. The van der Waals surface area contributed by atoms with Crippen molar-refractivity contribution in [3.05, 3.63) is 48.6 Å². The maximum absolute atomic E-state index is 10.5. The Hall–Kier alpha value is -1.28. The Bertz CT molecular complexity index is 632. The number of aliphatic hydroxyl groups is 1. The molecule has 32 heavy (non-hydrogen) atoms. The Morgan fingerprint density at radius 3 is 2.62 bits per heavy atom. The summed E-state index contributed by atoms with van der Waals surface area (Å²) in [7, 11) is 1.71. The molecule has 0 amide bonds. The fourth-order valence-electron chi connectivity index (χ4n) is 4.58. The van der Waals surface area contributed by atoms with Crippen molar-refractivity contribution in [2.45, 2.75) is 94.8 Å². The first-order valence-corrected chi connectivity index (χ1v) is 12.0. The molecule has 0 radical (unpaired) electrons. The first-order valence-electron chi connectivity index (χ1n) is 12.0. The smallest absolute Gasteiger partial charge is 0.157 e. The van der Waals surface area contributed by atoms with Gasteiger partial charge in [0.05, 0.1) is 50.3 Å². The molecule has 1 aromatic carbocycles. The number of hydrogen-bond donors (Lipinski definition) is 1. The molecule has 2 aliphatic heterocycles. The lowest BCUT2D eigenvalue weighted by molar-refractivity contribution is -0.131. The van der Waals surface area contributed by atoms with E-state index in [4.69, 9.17) is 23.7 Å². The first kappa shape index (κ1) is 25.3. The van der Waals surface area contributed by atoms with Crippen molar-refractivity contribution in [2.24, 2.45) is 0 Å². The van der Waals surface area contributed by atoms with Gasteiger partial charge >= 0.3 is 0 Å². The highest BCUT2D eigenvalue weighted by atomic mass is 16.7. The second-order valence-electron chi connectivity index (χ2n) is 8.88. The van der Waals surface area contributed by atoms with Crippen molar-refractivity contribution in [1.29, 1.82) is 0 Å². The second kappa shape index (κ2) is 14.1. The highest BCUT2D eigenvalue weighted by Crippen LogP contribution is 2.29. The van der Waals surface area contributed by atoms with E-state index in [9.17, 15) is 5.11 Å². The number of aliphatic hydroxyl groups excluding tert-OH is 1. The fraction of sp³-hybridized carbons (Fsp3) is 0.692. The standard InChI is InChI=1S/C26H40O6/c1-3-8-22-16-24(31-19-20-9-5-4-6-10-20)18-25(32-22)17-23(28-2)15-21(27)11-7-12-26-29-13-14-30-26/h3-6,9-10,21-27H,1,7-8,11-19H2,2H3/t21-,22-,23+,24+,25+/m0/s1. The Kier molecular flexibility index (Phi) is 11.2. The normalized spacial score (nSPS) is 26.1. The van der Waals surface area contributed by atoms with Crippen LogP contribution in [-0.2, 0) is 30.3 Å². The molecule has 0 aromatic heterocycles. The van der Waals surface area contributed by atoms with Crippen molar-refractivity contribution >= 4 is 0 Å². The summed E-state index contributed by atoms with van der Waals surface area (Å²) in [6.07, 6.45) is 7.96. The molecule has 0 aliphatic carbocycles. The van der Waals surface area contributed by atoms with E-state index in [2.05, 4.69) is 18.7 Å². The van der Waals surface area contributed by atoms with Crippen molar-refractivity contribution < 1.29 is 28.8 Å². The lowest BCUT2D eigenvalue weighted by atomic mass is 9.93. The predicted octanol–water partition coefficient (Wildman–Crippen LogP) is 4.39. The van der Waals surface area contributed by atoms with E-state index < -0.39 is 6.10 Å². The van der Waals surface area contributed by atoms with Crippen LogP contribution in [0.5, 0.6) is 0 Å². The summed E-state index contributed by atoms with van der Waals surface area (Å²) >= 11 is 0. The molecule has 0 spiro atoms. The number of methoxy groups -OCH3 is 1. The second-order valence-corrected chi connectivity index (χ2v) is 8.88. The summed E-state index contributed by atoms with van der Waals surface area (Å²) in [5, 5.41) is 10.5. The Morgan fingerprint density at radius 2 is 1.91 bits per heavy atom. The summed E-state index contributed by atoms with van der Waals surface area (Å²) in [5.41, 5.74) is 1.18. The van der Waals surface area contributed by atoms with Crippen LogP contribution in [0, 0.1) is 0 Å². The summed E-state index contributed by atoms with van der Waals surface area (Å²) in [4.78, 5) is 0. The van der Waals surface area contributed by atoms with Gasteiger partial charge in [-0.25, -0.2) is 0 Å². The minimum Gasteiger partial charge on any atom is -0.393 e. The van der Waals surface area contributed by atoms with Gasteiger partial charge in [-0.05, 0) is 50.5 Å². The number of hydrogen-bond acceptors (Lipinski definition) is 6. The first-order chi connectivity index (χ1) is 15.7. The third-order valence-electron chi connectivity index (χ3n) is 6.26. The van der Waals surface area contributed by atoms with E-state index in [0.717, 1.165) is 44.9 Å². The average Bonchev–Trinajstić information content (AvgIpc) is 3.32. The zero-order chi connectivity index (χ0) is 22.6. The van der Waals surface area contributed by atoms with Crippen molar-refractivity contribution in [3.8, 4) is 0 Å². The molecule has 5 atom stereocenters. The van der Waals surface area contributed by atoms with E-state index >= 15 is 0 Å². The molecule has 180 valence electrons. The van der Waals surface area contributed by atoms with Crippen LogP contribution in [0.25, 0.3) is 0 Å². The van der Waals surface area contributed by atoms with Crippen LogP contribution in [0.1, 0.15) is 56.9 Å². The highest BCUT2D eigenvalue weighted by Gasteiger charge is 2.31. The molecule has 1 aromatic rings. The minimum atomic E-state index is -0.404. The molecular weight excluding hydrogens is 408 g/mol. The molecule has 6 nitrogen and oxygen atoms in total. The zero-order valence-corrected chi connectivity index (χ0v) is 19.4.